The van der Waals surface area contributed by atoms with Gasteiger partial charge in [-0.3, -0.25) is 4.99 Å². The number of aliphatic imine (C=N–C) groups is 1. The first kappa shape index (κ1) is 10.0. The summed E-state index contributed by atoms with van der Waals surface area (Å²) < 4.78 is 25.8. The van der Waals surface area contributed by atoms with Crippen molar-refractivity contribution in [3.05, 3.63) is 35.4 Å². The second-order valence-corrected chi connectivity index (χ2v) is 3.51. The van der Waals surface area contributed by atoms with Crippen molar-refractivity contribution in [1.29, 1.82) is 0 Å². The molecule has 3 nitrogen and oxygen atoms in total. The van der Waals surface area contributed by atoms with Crippen molar-refractivity contribution in [3.8, 4) is 0 Å². The fourth-order valence-electron chi connectivity index (χ4n) is 1.27. The highest BCUT2D eigenvalue weighted by Crippen LogP contribution is 2.24. The Hall–Kier alpha value is -1.49. The van der Waals surface area contributed by atoms with Crippen LogP contribution in [0.1, 0.15) is 18.4 Å². The SMILES string of the molecule is NNC(=NC1CC1)c1cc(F)cc(F)c1. The Bertz CT molecular complexity index is 379. The second kappa shape index (κ2) is 3.94. The lowest BCUT2D eigenvalue weighted by Crippen LogP contribution is -2.31. The molecule has 2 rings (SSSR count). The number of halogens is 2. The number of nitrogens with two attached hydrogens (primary N) is 1. The molecule has 0 heterocycles. The maximum absolute atomic E-state index is 12.9. The summed E-state index contributed by atoms with van der Waals surface area (Å²) in [6.45, 7) is 0. The predicted molar refractivity (Wildman–Crippen MR) is 53.2 cm³/mol. The van der Waals surface area contributed by atoms with Crippen molar-refractivity contribution < 1.29 is 8.78 Å². The zero-order valence-electron chi connectivity index (χ0n) is 8.00. The van der Waals surface area contributed by atoms with Crippen molar-refractivity contribution in [2.24, 2.45) is 10.8 Å². The molecule has 1 aliphatic carbocycles. The van der Waals surface area contributed by atoms with Crippen molar-refractivity contribution in [2.45, 2.75) is 18.9 Å². The zero-order valence-corrected chi connectivity index (χ0v) is 8.00. The molecule has 1 aromatic carbocycles. The number of nitrogens with one attached hydrogen (secondary N) is 1. The first-order valence-corrected chi connectivity index (χ1v) is 4.70. The van der Waals surface area contributed by atoms with E-state index in [9.17, 15) is 8.78 Å². The summed E-state index contributed by atoms with van der Waals surface area (Å²) in [6.07, 6.45) is 2.01. The summed E-state index contributed by atoms with van der Waals surface area (Å²) in [5.41, 5.74) is 2.70. The number of benzene rings is 1. The minimum atomic E-state index is -0.635. The monoisotopic (exact) mass is 211 g/mol. The fraction of sp³-hybridized carbons (Fsp3) is 0.300. The van der Waals surface area contributed by atoms with Crippen LogP contribution in [0.2, 0.25) is 0 Å². The van der Waals surface area contributed by atoms with Crippen LogP contribution in [0.25, 0.3) is 0 Å². The Morgan fingerprint density at radius 2 is 1.87 bits per heavy atom. The van der Waals surface area contributed by atoms with E-state index in [2.05, 4.69) is 10.4 Å². The maximum atomic E-state index is 12.9. The molecule has 0 unspecified atom stereocenters. The average Bonchev–Trinajstić information content (AvgIpc) is 2.96. The van der Waals surface area contributed by atoms with E-state index >= 15 is 0 Å². The topological polar surface area (TPSA) is 50.4 Å². The van der Waals surface area contributed by atoms with Crippen LogP contribution in [0.4, 0.5) is 8.78 Å². The van der Waals surface area contributed by atoms with Gasteiger partial charge in [-0.25, -0.2) is 14.6 Å². The minimum absolute atomic E-state index is 0.238. The first-order chi connectivity index (χ1) is 7.19. The molecule has 0 atom stereocenters. The van der Waals surface area contributed by atoms with E-state index in [1.807, 2.05) is 0 Å². The molecular formula is C10H11F2N3. The van der Waals surface area contributed by atoms with Gasteiger partial charge in [0.25, 0.3) is 0 Å². The van der Waals surface area contributed by atoms with Gasteiger partial charge in [-0.2, -0.15) is 0 Å². The quantitative estimate of drug-likeness (QED) is 0.335. The van der Waals surface area contributed by atoms with Crippen LogP contribution in [-0.4, -0.2) is 11.9 Å². The highest BCUT2D eigenvalue weighted by Gasteiger charge is 2.21. The van der Waals surface area contributed by atoms with E-state index < -0.39 is 11.6 Å². The van der Waals surface area contributed by atoms with Gasteiger partial charge in [0.2, 0.25) is 0 Å². The standard InChI is InChI=1S/C10H11F2N3/c11-7-3-6(4-8(12)5-7)10(15-13)14-9-1-2-9/h3-5,9H,1-2,13H2,(H,14,15). The molecule has 0 spiro atoms. The summed E-state index contributed by atoms with van der Waals surface area (Å²) in [4.78, 5) is 4.21. The summed E-state index contributed by atoms with van der Waals surface area (Å²) >= 11 is 0. The van der Waals surface area contributed by atoms with E-state index in [0.717, 1.165) is 18.9 Å². The van der Waals surface area contributed by atoms with E-state index in [4.69, 9.17) is 5.84 Å². The normalized spacial score (nSPS) is 16.6. The zero-order chi connectivity index (χ0) is 10.8. The van der Waals surface area contributed by atoms with Crippen LogP contribution in [-0.2, 0) is 0 Å². The highest BCUT2D eigenvalue weighted by molar-refractivity contribution is 5.98. The lowest BCUT2D eigenvalue weighted by atomic mass is 10.2. The van der Waals surface area contributed by atoms with Crippen LogP contribution >= 0.6 is 0 Å². The number of amidine groups is 1. The van der Waals surface area contributed by atoms with Gasteiger partial charge in [0, 0.05) is 11.6 Å². The molecule has 1 aromatic rings. The Kier molecular flexibility index (Phi) is 2.64. The number of hydrogen-bond donors (Lipinski definition) is 2. The van der Waals surface area contributed by atoms with E-state index in [1.165, 1.54) is 12.1 Å². The van der Waals surface area contributed by atoms with E-state index in [-0.39, 0.29) is 6.04 Å². The molecule has 3 N–H and O–H groups in total. The third-order valence-corrected chi connectivity index (χ3v) is 2.13. The smallest absolute Gasteiger partial charge is 0.142 e. The molecular weight excluding hydrogens is 200 g/mol. The minimum Gasteiger partial charge on any atom is -0.308 e. The van der Waals surface area contributed by atoms with Gasteiger partial charge >= 0.3 is 0 Å². The van der Waals surface area contributed by atoms with Gasteiger partial charge in [-0.15, -0.1) is 0 Å². The molecule has 0 aliphatic heterocycles. The molecule has 1 aliphatic rings. The molecule has 0 saturated heterocycles. The maximum Gasteiger partial charge on any atom is 0.142 e. The molecule has 0 bridgehead atoms. The third-order valence-electron chi connectivity index (χ3n) is 2.13. The molecule has 5 heteroatoms. The Morgan fingerprint density at radius 1 is 1.27 bits per heavy atom. The molecule has 0 aromatic heterocycles. The largest absolute Gasteiger partial charge is 0.308 e. The highest BCUT2D eigenvalue weighted by atomic mass is 19.1. The van der Waals surface area contributed by atoms with Crippen molar-refractivity contribution in [2.75, 3.05) is 0 Å². The molecule has 0 radical (unpaired) electrons. The molecule has 0 amide bonds. The second-order valence-electron chi connectivity index (χ2n) is 3.51. The van der Waals surface area contributed by atoms with Gasteiger partial charge in [0.05, 0.1) is 6.04 Å². The molecule has 15 heavy (non-hydrogen) atoms. The summed E-state index contributed by atoms with van der Waals surface area (Å²) in [5, 5.41) is 0. The third kappa shape index (κ3) is 2.50. The summed E-state index contributed by atoms with van der Waals surface area (Å²) in [6, 6.07) is 3.45. The number of nitrogens with zero attached hydrogens (tertiary/aromatic N) is 1. The fourth-order valence-corrected chi connectivity index (χ4v) is 1.27. The predicted octanol–water partition coefficient (Wildman–Crippen LogP) is 1.34. The average molecular weight is 211 g/mol. The molecule has 80 valence electrons. The Morgan fingerprint density at radius 3 is 2.33 bits per heavy atom. The van der Waals surface area contributed by atoms with Crippen LogP contribution in [0.3, 0.4) is 0 Å². The van der Waals surface area contributed by atoms with Crippen molar-refractivity contribution >= 4 is 5.84 Å². The van der Waals surface area contributed by atoms with Crippen LogP contribution in [0.15, 0.2) is 23.2 Å². The molecule has 1 fully saturated rings. The number of hydrogen-bond acceptors (Lipinski definition) is 2. The van der Waals surface area contributed by atoms with Gasteiger partial charge in [-0.1, -0.05) is 0 Å². The Balaban J connectivity index is 2.32. The van der Waals surface area contributed by atoms with Gasteiger partial charge in [-0.05, 0) is 25.0 Å². The summed E-state index contributed by atoms with van der Waals surface area (Å²) in [5.74, 6) is 4.31. The van der Waals surface area contributed by atoms with Gasteiger partial charge in [0.15, 0.2) is 0 Å². The van der Waals surface area contributed by atoms with Gasteiger partial charge < -0.3 is 5.43 Å². The van der Waals surface area contributed by atoms with Crippen LogP contribution in [0, 0.1) is 11.6 Å². The van der Waals surface area contributed by atoms with E-state index in [0.29, 0.717) is 11.4 Å². The van der Waals surface area contributed by atoms with Crippen molar-refractivity contribution in [1.82, 2.24) is 5.43 Å². The molecule has 1 saturated carbocycles. The van der Waals surface area contributed by atoms with Gasteiger partial charge in [0.1, 0.15) is 17.5 Å². The van der Waals surface area contributed by atoms with Crippen LogP contribution in [0.5, 0.6) is 0 Å². The van der Waals surface area contributed by atoms with E-state index in [1.54, 1.807) is 0 Å². The lowest BCUT2D eigenvalue weighted by Gasteiger charge is -2.05. The first-order valence-electron chi connectivity index (χ1n) is 4.70. The van der Waals surface area contributed by atoms with Crippen molar-refractivity contribution in [3.63, 3.8) is 0 Å². The van der Waals surface area contributed by atoms with Crippen LogP contribution < -0.4 is 11.3 Å². The Labute approximate surface area is 86.0 Å². The number of rotatable bonds is 2. The summed E-state index contributed by atoms with van der Waals surface area (Å²) in [7, 11) is 0. The lowest BCUT2D eigenvalue weighted by molar-refractivity contribution is 0.582. The number of hydrazine groups is 1.